The maximum atomic E-state index is 13.7. The van der Waals surface area contributed by atoms with Crippen LogP contribution in [0, 0.1) is 13.8 Å². The third kappa shape index (κ3) is 3.83. The van der Waals surface area contributed by atoms with Gasteiger partial charge in [0.15, 0.2) is 6.10 Å². The fourth-order valence-corrected chi connectivity index (χ4v) is 5.52. The molecule has 156 valence electrons. The van der Waals surface area contributed by atoms with Crippen molar-refractivity contribution in [3.8, 4) is 5.75 Å². The molecule has 1 aliphatic rings. The first-order valence-electron chi connectivity index (χ1n) is 9.58. The van der Waals surface area contributed by atoms with Crippen LogP contribution in [-0.2, 0) is 20.2 Å². The summed E-state index contributed by atoms with van der Waals surface area (Å²) in [5.74, 6) is 0.00812. The second-order valence-electron chi connectivity index (χ2n) is 8.41. The number of sulfonamides is 1. The number of aryl methyl sites for hydroxylation is 2. The summed E-state index contributed by atoms with van der Waals surface area (Å²) in [6.45, 7) is 9.85. The molecule has 0 fully saturated rings. The molecular formula is C22H28N2O4S. The molecule has 29 heavy (non-hydrogen) atoms. The molecular weight excluding hydrogens is 388 g/mol. The molecule has 3 rings (SSSR count). The molecule has 1 amide bonds. The lowest BCUT2D eigenvalue weighted by Gasteiger charge is -2.35. The molecule has 1 aliphatic heterocycles. The lowest BCUT2D eigenvalue weighted by molar-refractivity contribution is -0.127. The molecule has 0 radical (unpaired) electrons. The first kappa shape index (κ1) is 21.2. The highest BCUT2D eigenvalue weighted by Crippen LogP contribution is 2.39. The van der Waals surface area contributed by atoms with Crippen LogP contribution in [0.1, 0.15) is 37.5 Å². The van der Waals surface area contributed by atoms with Gasteiger partial charge in [-0.3, -0.25) is 9.10 Å². The average molecular weight is 417 g/mol. The van der Waals surface area contributed by atoms with E-state index in [4.69, 9.17) is 4.74 Å². The fraction of sp³-hybridized carbons (Fsp3) is 0.409. The second kappa shape index (κ2) is 7.37. The Morgan fingerprint density at radius 2 is 1.72 bits per heavy atom. The summed E-state index contributed by atoms with van der Waals surface area (Å²) in [5.41, 5.74) is 2.81. The van der Waals surface area contributed by atoms with E-state index in [2.05, 4.69) is 26.1 Å². The second-order valence-corrected chi connectivity index (χ2v) is 10.2. The topological polar surface area (TPSA) is 75.7 Å². The van der Waals surface area contributed by atoms with E-state index in [0.717, 1.165) is 5.56 Å². The number of hydrogen-bond donors (Lipinski definition) is 1. The lowest BCUT2D eigenvalue weighted by atomic mass is 9.85. The number of nitrogens with one attached hydrogen (secondary N) is 1. The maximum Gasteiger partial charge on any atom is 0.265 e. The highest BCUT2D eigenvalue weighted by molar-refractivity contribution is 7.93. The van der Waals surface area contributed by atoms with E-state index in [1.54, 1.807) is 24.3 Å². The van der Waals surface area contributed by atoms with Gasteiger partial charge in [-0.25, -0.2) is 8.42 Å². The summed E-state index contributed by atoms with van der Waals surface area (Å²) in [6, 6.07) is 10.7. The first-order valence-corrected chi connectivity index (χ1v) is 11.0. The predicted molar refractivity (Wildman–Crippen MR) is 114 cm³/mol. The van der Waals surface area contributed by atoms with Gasteiger partial charge in [-0.2, -0.15) is 0 Å². The zero-order chi connectivity index (χ0) is 21.6. The number of likely N-dealkylation sites (N-methyl/N-ethyl adjacent to an activating group) is 1. The Morgan fingerprint density at radius 3 is 2.28 bits per heavy atom. The predicted octanol–water partition coefficient (Wildman–Crippen LogP) is 3.30. The monoisotopic (exact) mass is 416 g/mol. The van der Waals surface area contributed by atoms with Gasteiger partial charge in [-0.1, -0.05) is 45.0 Å². The first-order chi connectivity index (χ1) is 13.5. The van der Waals surface area contributed by atoms with Gasteiger partial charge in [0, 0.05) is 7.05 Å². The van der Waals surface area contributed by atoms with Crippen molar-refractivity contribution in [3.63, 3.8) is 0 Å². The van der Waals surface area contributed by atoms with Gasteiger partial charge < -0.3 is 10.1 Å². The minimum atomic E-state index is -3.90. The number of amides is 1. The molecule has 1 N–H and O–H groups in total. The van der Waals surface area contributed by atoms with Gasteiger partial charge in [-0.15, -0.1) is 0 Å². The van der Waals surface area contributed by atoms with E-state index in [9.17, 15) is 13.2 Å². The average Bonchev–Trinajstić information content (AvgIpc) is 2.64. The van der Waals surface area contributed by atoms with Crippen LogP contribution in [0.2, 0.25) is 0 Å². The van der Waals surface area contributed by atoms with E-state index in [-0.39, 0.29) is 22.8 Å². The Balaban J connectivity index is 2.15. The highest BCUT2D eigenvalue weighted by Gasteiger charge is 2.38. The van der Waals surface area contributed by atoms with Gasteiger partial charge in [-0.05, 0) is 48.1 Å². The molecule has 1 unspecified atom stereocenters. The molecule has 0 spiro atoms. The van der Waals surface area contributed by atoms with Gasteiger partial charge in [0.2, 0.25) is 0 Å². The molecule has 0 aromatic heterocycles. The zero-order valence-electron chi connectivity index (χ0n) is 17.7. The number of carbonyl (C=O) groups is 1. The normalized spacial score (nSPS) is 16.8. The standard InChI is InChI=1S/C22H28N2O4S/c1-14-11-16(22(3,4)5)12-15(2)20(14)29(26,27)24-13-19(21(25)23-6)28-18-10-8-7-9-17(18)24/h7-12,19H,13H2,1-6H3,(H,23,25). The molecule has 2 aromatic carbocycles. The molecule has 6 nitrogen and oxygen atoms in total. The minimum Gasteiger partial charge on any atom is -0.476 e. The molecule has 0 saturated carbocycles. The number of ether oxygens (including phenoxy) is 1. The zero-order valence-corrected chi connectivity index (χ0v) is 18.6. The Labute approximate surface area is 172 Å². The number of rotatable bonds is 3. The summed E-state index contributed by atoms with van der Waals surface area (Å²) in [6.07, 6.45) is -0.917. The van der Waals surface area contributed by atoms with Crippen LogP contribution in [-0.4, -0.2) is 34.0 Å². The maximum absolute atomic E-state index is 13.7. The van der Waals surface area contributed by atoms with Gasteiger partial charge in [0.05, 0.1) is 17.1 Å². The number of hydrogen-bond acceptors (Lipinski definition) is 4. The van der Waals surface area contributed by atoms with Crippen molar-refractivity contribution < 1.29 is 17.9 Å². The van der Waals surface area contributed by atoms with Crippen LogP contribution in [0.25, 0.3) is 0 Å². The lowest BCUT2D eigenvalue weighted by Crippen LogP contribution is -2.50. The van der Waals surface area contributed by atoms with E-state index >= 15 is 0 Å². The highest BCUT2D eigenvalue weighted by atomic mass is 32.2. The van der Waals surface area contributed by atoms with E-state index in [0.29, 0.717) is 22.6 Å². The molecule has 7 heteroatoms. The molecule has 1 heterocycles. The van der Waals surface area contributed by atoms with E-state index in [1.165, 1.54) is 11.4 Å². The Kier molecular flexibility index (Phi) is 5.38. The van der Waals surface area contributed by atoms with Crippen LogP contribution in [0.5, 0.6) is 5.75 Å². The number of carbonyl (C=O) groups excluding carboxylic acids is 1. The van der Waals surface area contributed by atoms with Crippen LogP contribution in [0.4, 0.5) is 5.69 Å². The summed E-state index contributed by atoms with van der Waals surface area (Å²) in [5, 5.41) is 2.54. The van der Waals surface area contributed by atoms with E-state index in [1.807, 2.05) is 26.0 Å². The largest absolute Gasteiger partial charge is 0.476 e. The van der Waals surface area contributed by atoms with Crippen molar-refractivity contribution >= 4 is 21.6 Å². The van der Waals surface area contributed by atoms with Crippen LogP contribution < -0.4 is 14.4 Å². The minimum absolute atomic E-state index is 0.0844. The Morgan fingerprint density at radius 1 is 1.14 bits per heavy atom. The van der Waals surface area contributed by atoms with Crippen molar-refractivity contribution in [2.75, 3.05) is 17.9 Å². The molecule has 0 bridgehead atoms. The number of anilines is 1. The van der Waals surface area contributed by atoms with Gasteiger partial charge in [0.1, 0.15) is 5.75 Å². The van der Waals surface area contributed by atoms with Crippen LogP contribution >= 0.6 is 0 Å². The van der Waals surface area contributed by atoms with Gasteiger partial charge in [0.25, 0.3) is 15.9 Å². The number of para-hydroxylation sites is 2. The number of fused-ring (bicyclic) bond motifs is 1. The summed E-state index contributed by atoms with van der Waals surface area (Å²) in [4.78, 5) is 12.5. The van der Waals surface area contributed by atoms with Crippen LogP contribution in [0.3, 0.4) is 0 Å². The summed E-state index contributed by atoms with van der Waals surface area (Å²) in [7, 11) is -2.40. The third-order valence-electron chi connectivity index (χ3n) is 5.15. The van der Waals surface area contributed by atoms with Crippen molar-refractivity contribution in [3.05, 3.63) is 53.1 Å². The Bertz CT molecular complexity index is 1030. The molecule has 1 atom stereocenters. The van der Waals surface area contributed by atoms with Crippen molar-refractivity contribution in [1.82, 2.24) is 5.32 Å². The van der Waals surface area contributed by atoms with E-state index < -0.39 is 16.1 Å². The smallest absolute Gasteiger partial charge is 0.265 e. The van der Waals surface area contributed by atoms with Gasteiger partial charge >= 0.3 is 0 Å². The SMILES string of the molecule is CNC(=O)C1CN(S(=O)(=O)c2c(C)cc(C(C)(C)C)cc2C)c2ccccc2O1. The van der Waals surface area contributed by atoms with Crippen molar-refractivity contribution in [1.29, 1.82) is 0 Å². The quantitative estimate of drug-likeness (QED) is 0.833. The molecule has 0 aliphatic carbocycles. The Hall–Kier alpha value is -2.54. The summed E-state index contributed by atoms with van der Waals surface area (Å²) < 4.78 is 34.5. The van der Waals surface area contributed by atoms with Crippen molar-refractivity contribution in [2.45, 2.75) is 51.0 Å². The van der Waals surface area contributed by atoms with Crippen LogP contribution in [0.15, 0.2) is 41.3 Å². The third-order valence-corrected chi connectivity index (χ3v) is 7.23. The number of nitrogens with zero attached hydrogens (tertiary/aromatic N) is 1. The fourth-order valence-electron chi connectivity index (χ4n) is 3.63. The molecule has 2 aromatic rings. The number of benzene rings is 2. The van der Waals surface area contributed by atoms with Crippen molar-refractivity contribution in [2.24, 2.45) is 0 Å². The molecule has 0 saturated heterocycles. The summed E-state index contributed by atoms with van der Waals surface area (Å²) >= 11 is 0.